The molecule has 15 heavy (non-hydrogen) atoms. The van der Waals surface area contributed by atoms with Crippen molar-refractivity contribution in [3.63, 3.8) is 0 Å². The van der Waals surface area contributed by atoms with Crippen LogP contribution in [0.2, 0.25) is 0 Å². The van der Waals surface area contributed by atoms with Crippen molar-refractivity contribution in [3.05, 3.63) is 23.9 Å². The predicted octanol–water partition coefficient (Wildman–Crippen LogP) is 1.37. The Morgan fingerprint density at radius 3 is 2.80 bits per heavy atom. The number of esters is 1. The lowest BCUT2D eigenvalue weighted by Gasteiger charge is -1.99. The van der Waals surface area contributed by atoms with Crippen LogP contribution in [0.5, 0.6) is 11.5 Å². The highest BCUT2D eigenvalue weighted by molar-refractivity contribution is 6.05. The zero-order chi connectivity index (χ0) is 11.0. The van der Waals surface area contributed by atoms with E-state index in [0.29, 0.717) is 10.9 Å². The molecule has 3 N–H and O–H groups in total. The quantitative estimate of drug-likeness (QED) is 0.616. The van der Waals surface area contributed by atoms with Crippen LogP contribution in [-0.4, -0.2) is 28.3 Å². The second kappa shape index (κ2) is 3.20. The number of fused-ring (bicyclic) bond motifs is 1. The number of phenols is 2. The van der Waals surface area contributed by atoms with Gasteiger partial charge in [0.25, 0.3) is 0 Å². The molecule has 0 saturated heterocycles. The smallest absolute Gasteiger partial charge is 0.340 e. The number of aromatic hydroxyl groups is 2. The predicted molar refractivity (Wildman–Crippen MR) is 53.0 cm³/mol. The number of ether oxygens (including phenoxy) is 1. The molecule has 78 valence electrons. The fourth-order valence-corrected chi connectivity index (χ4v) is 1.48. The van der Waals surface area contributed by atoms with E-state index in [1.54, 1.807) is 0 Å². The molecule has 0 spiro atoms. The van der Waals surface area contributed by atoms with Crippen molar-refractivity contribution in [1.82, 2.24) is 4.98 Å². The van der Waals surface area contributed by atoms with Crippen LogP contribution < -0.4 is 0 Å². The molecule has 0 fully saturated rings. The van der Waals surface area contributed by atoms with Gasteiger partial charge in [0.2, 0.25) is 0 Å². The van der Waals surface area contributed by atoms with Gasteiger partial charge in [-0.15, -0.1) is 0 Å². The van der Waals surface area contributed by atoms with Gasteiger partial charge in [-0.1, -0.05) is 0 Å². The Balaban J connectivity index is 2.74. The number of H-pyrrole nitrogens is 1. The molecule has 0 aliphatic carbocycles. The Morgan fingerprint density at radius 1 is 1.40 bits per heavy atom. The molecule has 5 heteroatoms. The number of rotatable bonds is 1. The number of hydrogen-bond donors (Lipinski definition) is 3. The summed E-state index contributed by atoms with van der Waals surface area (Å²) in [6, 6.07) is 2.58. The van der Waals surface area contributed by atoms with E-state index < -0.39 is 5.97 Å². The van der Waals surface area contributed by atoms with Crippen molar-refractivity contribution in [2.75, 3.05) is 7.11 Å². The van der Waals surface area contributed by atoms with Crippen LogP contribution in [0, 0.1) is 0 Å². The van der Waals surface area contributed by atoms with Gasteiger partial charge < -0.3 is 19.9 Å². The zero-order valence-corrected chi connectivity index (χ0v) is 7.94. The number of methoxy groups -OCH3 is 1. The number of benzene rings is 1. The number of phenolic OH excluding ortho intramolecular Hbond substituents is 2. The van der Waals surface area contributed by atoms with Gasteiger partial charge in [-0.3, -0.25) is 0 Å². The SMILES string of the molecule is COC(=O)c1c[nH]c2c(O)cc(O)cc12. The number of nitrogens with one attached hydrogen (secondary N) is 1. The molecule has 0 bridgehead atoms. The Labute approximate surface area is 84.9 Å². The molecular formula is C10H9NO4. The fraction of sp³-hybridized carbons (Fsp3) is 0.100. The normalized spacial score (nSPS) is 10.5. The maximum atomic E-state index is 11.3. The first-order chi connectivity index (χ1) is 7.13. The third-order valence-corrected chi connectivity index (χ3v) is 2.16. The molecule has 0 saturated carbocycles. The van der Waals surface area contributed by atoms with Gasteiger partial charge in [0.05, 0.1) is 18.2 Å². The summed E-state index contributed by atoms with van der Waals surface area (Å²) < 4.78 is 4.56. The minimum absolute atomic E-state index is 0.107. The van der Waals surface area contributed by atoms with Crippen LogP contribution >= 0.6 is 0 Å². The van der Waals surface area contributed by atoms with Crippen molar-refractivity contribution in [1.29, 1.82) is 0 Å². The van der Waals surface area contributed by atoms with Gasteiger partial charge in [-0.2, -0.15) is 0 Å². The van der Waals surface area contributed by atoms with Crippen LogP contribution in [0.3, 0.4) is 0 Å². The van der Waals surface area contributed by atoms with E-state index in [9.17, 15) is 15.0 Å². The molecule has 0 aliphatic heterocycles. The number of aromatic nitrogens is 1. The fourth-order valence-electron chi connectivity index (χ4n) is 1.48. The third-order valence-electron chi connectivity index (χ3n) is 2.16. The largest absolute Gasteiger partial charge is 0.508 e. The average Bonchev–Trinajstić information content (AvgIpc) is 2.60. The van der Waals surface area contributed by atoms with Crippen LogP contribution in [-0.2, 0) is 4.74 Å². The standard InChI is InChI=1S/C10H9NO4/c1-15-10(14)7-4-11-9-6(7)2-5(12)3-8(9)13/h2-4,11-13H,1H3. The van der Waals surface area contributed by atoms with E-state index in [0.717, 1.165) is 0 Å². The average molecular weight is 207 g/mol. The molecule has 2 aromatic rings. The van der Waals surface area contributed by atoms with E-state index >= 15 is 0 Å². The first-order valence-electron chi connectivity index (χ1n) is 4.25. The van der Waals surface area contributed by atoms with E-state index in [2.05, 4.69) is 9.72 Å². The first kappa shape index (κ1) is 9.39. The Kier molecular flexibility index (Phi) is 2.00. The van der Waals surface area contributed by atoms with Crippen molar-refractivity contribution in [2.45, 2.75) is 0 Å². The van der Waals surface area contributed by atoms with Crippen LogP contribution in [0.1, 0.15) is 10.4 Å². The maximum absolute atomic E-state index is 11.3. The lowest BCUT2D eigenvalue weighted by Crippen LogP contribution is -1.99. The third kappa shape index (κ3) is 1.38. The van der Waals surface area contributed by atoms with E-state index in [1.165, 1.54) is 25.4 Å². The zero-order valence-electron chi connectivity index (χ0n) is 7.94. The lowest BCUT2D eigenvalue weighted by molar-refractivity contribution is 0.0603. The summed E-state index contributed by atoms with van der Waals surface area (Å²) in [6.45, 7) is 0. The van der Waals surface area contributed by atoms with Crippen molar-refractivity contribution < 1.29 is 19.7 Å². The van der Waals surface area contributed by atoms with Gasteiger partial charge in [-0.05, 0) is 6.07 Å². The van der Waals surface area contributed by atoms with Gasteiger partial charge in [0.15, 0.2) is 0 Å². The number of hydrogen-bond acceptors (Lipinski definition) is 4. The highest BCUT2D eigenvalue weighted by atomic mass is 16.5. The number of carbonyl (C=O) groups is 1. The summed E-state index contributed by atoms with van der Waals surface area (Å²) in [5.74, 6) is -0.740. The first-order valence-corrected chi connectivity index (χ1v) is 4.25. The second-order valence-electron chi connectivity index (χ2n) is 3.08. The Morgan fingerprint density at radius 2 is 2.13 bits per heavy atom. The summed E-state index contributed by atoms with van der Waals surface area (Å²) in [4.78, 5) is 14.0. The minimum atomic E-state index is -0.522. The molecule has 0 radical (unpaired) electrons. The summed E-state index contributed by atoms with van der Waals surface area (Å²) in [5.41, 5.74) is 0.673. The summed E-state index contributed by atoms with van der Waals surface area (Å²) in [6.07, 6.45) is 1.43. The number of carbonyl (C=O) groups excluding carboxylic acids is 1. The highest BCUT2D eigenvalue weighted by Crippen LogP contribution is 2.31. The van der Waals surface area contributed by atoms with Crippen LogP contribution in [0.4, 0.5) is 0 Å². The molecule has 5 nitrogen and oxygen atoms in total. The van der Waals surface area contributed by atoms with E-state index in [4.69, 9.17) is 0 Å². The van der Waals surface area contributed by atoms with Gasteiger partial charge in [0.1, 0.15) is 11.5 Å². The second-order valence-corrected chi connectivity index (χ2v) is 3.08. The summed E-state index contributed by atoms with van der Waals surface area (Å²) >= 11 is 0. The maximum Gasteiger partial charge on any atom is 0.340 e. The Hall–Kier alpha value is -2.17. The molecule has 0 atom stereocenters. The van der Waals surface area contributed by atoms with Crippen molar-refractivity contribution in [2.24, 2.45) is 0 Å². The summed E-state index contributed by atoms with van der Waals surface area (Å²) in [5, 5.41) is 19.2. The van der Waals surface area contributed by atoms with Gasteiger partial charge >= 0.3 is 5.97 Å². The molecule has 1 aromatic carbocycles. The molecule has 0 amide bonds. The minimum Gasteiger partial charge on any atom is -0.508 e. The van der Waals surface area contributed by atoms with Crippen molar-refractivity contribution >= 4 is 16.9 Å². The summed E-state index contributed by atoms with van der Waals surface area (Å²) in [7, 11) is 1.27. The molecule has 2 rings (SSSR count). The molecule has 0 unspecified atom stereocenters. The topological polar surface area (TPSA) is 82.6 Å². The Bertz CT molecular complexity index is 529. The van der Waals surface area contributed by atoms with Crippen LogP contribution in [0.15, 0.2) is 18.3 Å². The molecule has 1 heterocycles. The highest BCUT2D eigenvalue weighted by Gasteiger charge is 2.15. The van der Waals surface area contributed by atoms with Crippen LogP contribution in [0.25, 0.3) is 10.9 Å². The monoisotopic (exact) mass is 207 g/mol. The van der Waals surface area contributed by atoms with Crippen molar-refractivity contribution in [3.8, 4) is 11.5 Å². The number of aromatic amines is 1. The van der Waals surface area contributed by atoms with Gasteiger partial charge in [-0.25, -0.2) is 4.79 Å². The van der Waals surface area contributed by atoms with E-state index in [-0.39, 0.29) is 17.1 Å². The lowest BCUT2D eigenvalue weighted by atomic mass is 10.1. The molecule has 0 aliphatic rings. The van der Waals surface area contributed by atoms with E-state index in [1.807, 2.05) is 0 Å². The van der Waals surface area contributed by atoms with Gasteiger partial charge in [0, 0.05) is 17.6 Å². The molecular weight excluding hydrogens is 198 g/mol. The molecule has 1 aromatic heterocycles.